The summed E-state index contributed by atoms with van der Waals surface area (Å²) in [6.07, 6.45) is 3.79. The molecule has 0 unspecified atom stereocenters. The van der Waals surface area contributed by atoms with E-state index in [4.69, 9.17) is 9.72 Å². The van der Waals surface area contributed by atoms with Crippen LogP contribution in [0.1, 0.15) is 52.7 Å². The van der Waals surface area contributed by atoms with E-state index in [0.717, 1.165) is 49.9 Å². The molecule has 0 saturated carbocycles. The Bertz CT molecular complexity index is 2500. The van der Waals surface area contributed by atoms with Crippen LogP contribution in [0.25, 0.3) is 60.3 Å². The van der Waals surface area contributed by atoms with Crippen molar-refractivity contribution in [2.45, 2.75) is 52.4 Å². The molecule has 8 rings (SSSR count). The van der Waals surface area contributed by atoms with Crippen LogP contribution in [0.15, 0.2) is 128 Å². The second kappa shape index (κ2) is 11.1. The number of fused-ring (bicyclic) bond motifs is 5. The number of hydrogen-bond acceptors (Lipinski definition) is 3. The minimum Gasteiger partial charge on any atom is -0.438 e. The van der Waals surface area contributed by atoms with Crippen molar-refractivity contribution >= 4 is 43.4 Å². The van der Waals surface area contributed by atoms with Crippen LogP contribution in [0.2, 0.25) is 0 Å². The van der Waals surface area contributed by atoms with Crippen molar-refractivity contribution < 1.29 is 4.74 Å². The van der Waals surface area contributed by atoms with Crippen molar-refractivity contribution in [3.05, 3.63) is 139 Å². The molecular weight excluding hydrogens is 587 g/mol. The van der Waals surface area contributed by atoms with E-state index >= 15 is 0 Å². The van der Waals surface area contributed by atoms with Gasteiger partial charge in [-0.3, -0.25) is 4.57 Å². The van der Waals surface area contributed by atoms with Crippen LogP contribution in [-0.2, 0) is 10.8 Å². The highest BCUT2D eigenvalue weighted by molar-refractivity contribution is 6.10. The number of hydrogen-bond donors (Lipinski definition) is 0. The Morgan fingerprint density at radius 2 is 1.27 bits per heavy atom. The number of rotatable bonds is 4. The fourth-order valence-electron chi connectivity index (χ4n) is 6.65. The second-order valence-electron chi connectivity index (χ2n) is 14.9. The van der Waals surface area contributed by atoms with Gasteiger partial charge in [-0.05, 0) is 92.4 Å². The van der Waals surface area contributed by atoms with Gasteiger partial charge in [0.05, 0.1) is 11.0 Å². The van der Waals surface area contributed by atoms with Crippen molar-refractivity contribution in [1.82, 2.24) is 14.5 Å². The summed E-state index contributed by atoms with van der Waals surface area (Å²) in [5.74, 6) is 2.29. The van der Waals surface area contributed by atoms with E-state index in [-0.39, 0.29) is 10.8 Å². The van der Waals surface area contributed by atoms with Gasteiger partial charge in [0.2, 0.25) is 5.88 Å². The molecule has 4 heteroatoms. The number of ether oxygens (including phenoxy) is 1. The van der Waals surface area contributed by atoms with Crippen LogP contribution in [0.4, 0.5) is 0 Å². The van der Waals surface area contributed by atoms with Gasteiger partial charge in [-0.2, -0.15) is 0 Å². The van der Waals surface area contributed by atoms with Gasteiger partial charge in [0, 0.05) is 33.9 Å². The van der Waals surface area contributed by atoms with Gasteiger partial charge in [0.1, 0.15) is 11.6 Å². The van der Waals surface area contributed by atoms with Gasteiger partial charge < -0.3 is 4.74 Å². The SMILES string of the molecule is CC(C)(C)c1cc(Oc2nccc3ccccc23)cc(-c2ccc3c4cc(C(C)(C)C)ccc4n(-c4cc5ccccc5cn4)c3c2)c1. The highest BCUT2D eigenvalue weighted by atomic mass is 16.5. The zero-order valence-electron chi connectivity index (χ0n) is 28.4. The summed E-state index contributed by atoms with van der Waals surface area (Å²) in [7, 11) is 0. The highest BCUT2D eigenvalue weighted by Gasteiger charge is 2.21. The van der Waals surface area contributed by atoms with Gasteiger partial charge in [-0.25, -0.2) is 9.97 Å². The Balaban J connectivity index is 1.34. The molecule has 48 heavy (non-hydrogen) atoms. The first-order valence-corrected chi connectivity index (χ1v) is 16.6. The standard InChI is InChI=1S/C44H39N3O/c1-43(2,3)33-16-18-39-38(26-33)37-17-15-30(23-40(37)47(39)41-24-29-12-7-8-13-31(29)27-46-41)32-21-34(44(4,5)6)25-35(22-32)48-42-36-14-10-9-11-28(36)19-20-45-42/h7-27H,1-6H3. The lowest BCUT2D eigenvalue weighted by atomic mass is 9.85. The third-order valence-corrected chi connectivity index (χ3v) is 9.44. The normalized spacial score (nSPS) is 12.4. The molecule has 0 saturated heterocycles. The van der Waals surface area contributed by atoms with Crippen LogP contribution < -0.4 is 4.74 Å². The maximum absolute atomic E-state index is 6.58. The fraction of sp³-hybridized carbons (Fsp3) is 0.182. The summed E-state index contributed by atoms with van der Waals surface area (Å²) in [5.41, 5.74) is 6.93. The van der Waals surface area contributed by atoms with E-state index in [0.29, 0.717) is 5.88 Å². The minimum atomic E-state index is -0.0856. The summed E-state index contributed by atoms with van der Waals surface area (Å²) in [6.45, 7) is 13.5. The lowest BCUT2D eigenvalue weighted by Gasteiger charge is -2.21. The average Bonchev–Trinajstić information content (AvgIpc) is 3.40. The van der Waals surface area contributed by atoms with Crippen molar-refractivity contribution in [3.8, 4) is 28.6 Å². The summed E-state index contributed by atoms with van der Waals surface area (Å²) in [4.78, 5) is 9.61. The molecule has 5 aromatic carbocycles. The third-order valence-electron chi connectivity index (χ3n) is 9.44. The van der Waals surface area contributed by atoms with Crippen LogP contribution >= 0.6 is 0 Å². The van der Waals surface area contributed by atoms with E-state index < -0.39 is 0 Å². The van der Waals surface area contributed by atoms with Crippen LogP contribution in [0, 0.1) is 0 Å². The largest absolute Gasteiger partial charge is 0.438 e. The molecule has 3 aromatic heterocycles. The first-order chi connectivity index (χ1) is 23.0. The molecule has 4 nitrogen and oxygen atoms in total. The molecular formula is C44H39N3O. The molecule has 0 bridgehead atoms. The molecule has 0 spiro atoms. The van der Waals surface area contributed by atoms with Crippen molar-refractivity contribution in [1.29, 1.82) is 0 Å². The number of pyridine rings is 2. The van der Waals surface area contributed by atoms with Gasteiger partial charge in [0.25, 0.3) is 0 Å². The first-order valence-electron chi connectivity index (χ1n) is 16.6. The fourth-order valence-corrected chi connectivity index (χ4v) is 6.65. The molecule has 0 aliphatic rings. The predicted molar refractivity (Wildman–Crippen MR) is 201 cm³/mol. The van der Waals surface area contributed by atoms with Crippen LogP contribution in [-0.4, -0.2) is 14.5 Å². The smallest absolute Gasteiger partial charge is 0.227 e. The summed E-state index contributed by atoms with van der Waals surface area (Å²) in [6, 6.07) is 41.1. The molecule has 0 atom stereocenters. The number of benzene rings is 5. The first kappa shape index (κ1) is 29.9. The average molecular weight is 626 g/mol. The Kier molecular flexibility index (Phi) is 6.89. The van der Waals surface area contributed by atoms with E-state index in [9.17, 15) is 0 Å². The zero-order valence-corrected chi connectivity index (χ0v) is 28.4. The molecule has 3 heterocycles. The molecule has 0 fully saturated rings. The summed E-state index contributed by atoms with van der Waals surface area (Å²) < 4.78 is 8.90. The zero-order chi connectivity index (χ0) is 33.2. The molecule has 0 amide bonds. The molecule has 0 aliphatic carbocycles. The quantitative estimate of drug-likeness (QED) is 0.195. The van der Waals surface area contributed by atoms with Crippen molar-refractivity contribution in [2.75, 3.05) is 0 Å². The summed E-state index contributed by atoms with van der Waals surface area (Å²) >= 11 is 0. The molecule has 0 N–H and O–H groups in total. The van der Waals surface area contributed by atoms with E-state index in [2.05, 4.69) is 148 Å². The minimum absolute atomic E-state index is 0.0342. The van der Waals surface area contributed by atoms with Crippen LogP contribution in [0.5, 0.6) is 11.6 Å². The van der Waals surface area contributed by atoms with E-state index in [1.807, 2.05) is 30.6 Å². The van der Waals surface area contributed by atoms with Gasteiger partial charge in [-0.1, -0.05) is 108 Å². The van der Waals surface area contributed by atoms with Crippen molar-refractivity contribution in [2.24, 2.45) is 0 Å². The second-order valence-corrected chi connectivity index (χ2v) is 14.9. The topological polar surface area (TPSA) is 39.9 Å². The Morgan fingerprint density at radius 3 is 2.06 bits per heavy atom. The van der Waals surface area contributed by atoms with Gasteiger partial charge >= 0.3 is 0 Å². The molecule has 0 radical (unpaired) electrons. The monoisotopic (exact) mass is 625 g/mol. The summed E-state index contributed by atoms with van der Waals surface area (Å²) in [5, 5.41) is 6.83. The molecule has 8 aromatic rings. The Morgan fingerprint density at radius 1 is 0.521 bits per heavy atom. The highest BCUT2D eigenvalue weighted by Crippen LogP contribution is 2.40. The lowest BCUT2D eigenvalue weighted by Crippen LogP contribution is -2.11. The number of nitrogens with zero attached hydrogens (tertiary/aromatic N) is 3. The Labute approximate surface area is 281 Å². The predicted octanol–water partition coefficient (Wildman–Crippen LogP) is 11.9. The lowest BCUT2D eigenvalue weighted by molar-refractivity contribution is 0.466. The maximum atomic E-state index is 6.58. The maximum Gasteiger partial charge on any atom is 0.227 e. The van der Waals surface area contributed by atoms with Gasteiger partial charge in [0.15, 0.2) is 0 Å². The molecule has 0 aliphatic heterocycles. The van der Waals surface area contributed by atoms with Crippen molar-refractivity contribution in [3.63, 3.8) is 0 Å². The van der Waals surface area contributed by atoms with E-state index in [1.54, 1.807) is 0 Å². The van der Waals surface area contributed by atoms with Crippen LogP contribution in [0.3, 0.4) is 0 Å². The molecule has 236 valence electrons. The third kappa shape index (κ3) is 5.28. The Hall–Kier alpha value is -5.48. The number of aromatic nitrogens is 3. The van der Waals surface area contributed by atoms with E-state index in [1.165, 1.54) is 27.3 Å². The van der Waals surface area contributed by atoms with Gasteiger partial charge in [-0.15, -0.1) is 0 Å².